The van der Waals surface area contributed by atoms with Gasteiger partial charge in [0.25, 0.3) is 0 Å². The van der Waals surface area contributed by atoms with E-state index < -0.39 is 0 Å². The molecular weight excluding hydrogens is 216 g/mol. The molecule has 0 amide bonds. The van der Waals surface area contributed by atoms with Crippen LogP contribution < -0.4 is 0 Å². The first kappa shape index (κ1) is 14.3. The van der Waals surface area contributed by atoms with Crippen LogP contribution in [0.3, 0.4) is 0 Å². The highest BCUT2D eigenvalue weighted by atomic mass is 14.0. The highest BCUT2D eigenvalue weighted by Crippen LogP contribution is 2.11. The first-order valence-electron chi connectivity index (χ1n) is 6.56. The summed E-state index contributed by atoms with van der Waals surface area (Å²) in [7, 11) is 0. The van der Waals surface area contributed by atoms with Gasteiger partial charge in [0.05, 0.1) is 0 Å². The molecule has 1 aromatic rings. The molecule has 0 saturated heterocycles. The average Bonchev–Trinajstić information content (AvgIpc) is 2.35. The Morgan fingerprint density at radius 3 is 2.72 bits per heavy atom. The van der Waals surface area contributed by atoms with Crippen molar-refractivity contribution < 1.29 is 0 Å². The predicted octanol–water partition coefficient (Wildman–Crippen LogP) is 4.98. The summed E-state index contributed by atoms with van der Waals surface area (Å²) in [5, 5.41) is 0. The molecule has 1 atom stereocenters. The molecule has 0 aliphatic carbocycles. The summed E-state index contributed by atoms with van der Waals surface area (Å²) < 4.78 is 0. The SMILES string of the molecule is C=C(C)CCC[C@@H](C)/C=C\C#Cc1ccccc1. The van der Waals surface area contributed by atoms with Gasteiger partial charge in [-0.3, -0.25) is 0 Å². The monoisotopic (exact) mass is 238 g/mol. The van der Waals surface area contributed by atoms with E-state index in [4.69, 9.17) is 0 Å². The zero-order valence-electron chi connectivity index (χ0n) is 11.4. The van der Waals surface area contributed by atoms with E-state index in [1.807, 2.05) is 36.4 Å². The zero-order valence-corrected chi connectivity index (χ0v) is 11.4. The van der Waals surface area contributed by atoms with Crippen molar-refractivity contribution in [2.75, 3.05) is 0 Å². The summed E-state index contributed by atoms with van der Waals surface area (Å²) in [6.07, 6.45) is 7.71. The van der Waals surface area contributed by atoms with E-state index in [1.54, 1.807) is 0 Å². The second-order valence-electron chi connectivity index (χ2n) is 4.82. The van der Waals surface area contributed by atoms with Crippen molar-refractivity contribution >= 4 is 0 Å². The molecule has 1 aromatic carbocycles. The molecule has 1 rings (SSSR count). The van der Waals surface area contributed by atoms with Crippen molar-refractivity contribution in [2.45, 2.75) is 33.1 Å². The van der Waals surface area contributed by atoms with Crippen LogP contribution in [0, 0.1) is 17.8 Å². The van der Waals surface area contributed by atoms with Crippen LogP contribution in [-0.2, 0) is 0 Å². The Kier molecular flexibility index (Phi) is 6.66. The van der Waals surface area contributed by atoms with Crippen LogP contribution in [0.25, 0.3) is 0 Å². The molecule has 0 aliphatic rings. The first-order valence-corrected chi connectivity index (χ1v) is 6.56. The minimum absolute atomic E-state index is 0.592. The fraction of sp³-hybridized carbons (Fsp3) is 0.333. The molecule has 18 heavy (non-hydrogen) atoms. The van der Waals surface area contributed by atoms with Gasteiger partial charge in [0.15, 0.2) is 0 Å². The molecule has 0 aromatic heterocycles. The third-order valence-electron chi connectivity index (χ3n) is 2.76. The standard InChI is InChI=1S/C18H22/c1-16(2)10-9-12-17(3)11-7-8-15-18-13-5-4-6-14-18/h4-7,11,13-14,17H,1,9-10,12H2,2-3H3/b11-7-/t17-/m0/s1. The van der Waals surface area contributed by atoms with Crippen LogP contribution in [0.5, 0.6) is 0 Å². The largest absolute Gasteiger partial charge is 0.100 e. The molecule has 0 heterocycles. The Labute approximate surface area is 111 Å². The van der Waals surface area contributed by atoms with Crippen molar-refractivity contribution in [3.8, 4) is 11.8 Å². The molecule has 0 bridgehead atoms. The van der Waals surface area contributed by atoms with Crippen molar-refractivity contribution in [2.24, 2.45) is 5.92 Å². The van der Waals surface area contributed by atoms with Gasteiger partial charge in [-0.1, -0.05) is 48.6 Å². The van der Waals surface area contributed by atoms with Crippen molar-refractivity contribution in [1.82, 2.24) is 0 Å². The summed E-state index contributed by atoms with van der Waals surface area (Å²) in [5.41, 5.74) is 2.34. The molecule has 0 unspecified atom stereocenters. The normalized spacial score (nSPS) is 11.9. The van der Waals surface area contributed by atoms with Gasteiger partial charge in [-0.25, -0.2) is 0 Å². The van der Waals surface area contributed by atoms with Gasteiger partial charge in [0, 0.05) is 5.56 Å². The van der Waals surface area contributed by atoms with Gasteiger partial charge < -0.3 is 0 Å². The lowest BCUT2D eigenvalue weighted by Gasteiger charge is -2.04. The van der Waals surface area contributed by atoms with Gasteiger partial charge in [0.1, 0.15) is 0 Å². The minimum atomic E-state index is 0.592. The molecule has 0 heteroatoms. The summed E-state index contributed by atoms with van der Waals surface area (Å²) in [5.74, 6) is 6.80. The van der Waals surface area contributed by atoms with E-state index >= 15 is 0 Å². The van der Waals surface area contributed by atoms with Crippen molar-refractivity contribution in [3.63, 3.8) is 0 Å². The van der Waals surface area contributed by atoms with E-state index in [0.717, 1.165) is 12.0 Å². The maximum absolute atomic E-state index is 3.92. The van der Waals surface area contributed by atoms with Crippen LogP contribution in [0.2, 0.25) is 0 Å². The van der Waals surface area contributed by atoms with Crippen LogP contribution in [-0.4, -0.2) is 0 Å². The van der Waals surface area contributed by atoms with Crippen LogP contribution >= 0.6 is 0 Å². The minimum Gasteiger partial charge on any atom is -0.100 e. The summed E-state index contributed by atoms with van der Waals surface area (Å²) >= 11 is 0. The third-order valence-corrected chi connectivity index (χ3v) is 2.76. The fourth-order valence-corrected chi connectivity index (χ4v) is 1.68. The lowest BCUT2D eigenvalue weighted by Crippen LogP contribution is -1.89. The van der Waals surface area contributed by atoms with E-state index in [0.29, 0.717) is 5.92 Å². The third kappa shape index (κ3) is 6.76. The Hall–Kier alpha value is -1.74. The Morgan fingerprint density at radius 2 is 2.06 bits per heavy atom. The quantitative estimate of drug-likeness (QED) is 0.501. The molecule has 0 nitrogen and oxygen atoms in total. The van der Waals surface area contributed by atoms with Gasteiger partial charge in [-0.05, 0) is 50.3 Å². The second kappa shape index (κ2) is 8.37. The van der Waals surface area contributed by atoms with Gasteiger partial charge in [-0.15, -0.1) is 6.58 Å². The molecule has 0 aliphatic heterocycles. The van der Waals surface area contributed by atoms with Crippen molar-refractivity contribution in [1.29, 1.82) is 0 Å². The molecule has 0 N–H and O–H groups in total. The van der Waals surface area contributed by atoms with Crippen LogP contribution in [0.1, 0.15) is 38.7 Å². The maximum Gasteiger partial charge on any atom is 0.0248 e. The smallest absolute Gasteiger partial charge is 0.0248 e. The average molecular weight is 238 g/mol. The molecule has 0 saturated carbocycles. The Bertz CT molecular complexity index is 440. The number of benzene rings is 1. The zero-order chi connectivity index (χ0) is 13.2. The Balaban J connectivity index is 2.32. The first-order chi connectivity index (χ1) is 8.68. The van der Waals surface area contributed by atoms with E-state index in [-0.39, 0.29) is 0 Å². The van der Waals surface area contributed by atoms with Crippen LogP contribution in [0.4, 0.5) is 0 Å². The predicted molar refractivity (Wildman–Crippen MR) is 80.3 cm³/mol. The molecule has 0 spiro atoms. The molecule has 94 valence electrons. The number of rotatable bonds is 5. The topological polar surface area (TPSA) is 0 Å². The van der Waals surface area contributed by atoms with E-state index in [2.05, 4.69) is 38.3 Å². The molecule has 0 radical (unpaired) electrons. The Morgan fingerprint density at radius 1 is 1.33 bits per heavy atom. The van der Waals surface area contributed by atoms with E-state index in [9.17, 15) is 0 Å². The number of allylic oxidation sites excluding steroid dienone is 3. The lowest BCUT2D eigenvalue weighted by atomic mass is 10.0. The lowest BCUT2D eigenvalue weighted by molar-refractivity contribution is 0.605. The molecule has 0 fully saturated rings. The maximum atomic E-state index is 3.92. The summed E-state index contributed by atoms with van der Waals surface area (Å²) in [6, 6.07) is 10.1. The van der Waals surface area contributed by atoms with Gasteiger partial charge in [0.2, 0.25) is 0 Å². The van der Waals surface area contributed by atoms with E-state index in [1.165, 1.54) is 18.4 Å². The number of hydrogen-bond acceptors (Lipinski definition) is 0. The van der Waals surface area contributed by atoms with Gasteiger partial charge in [-0.2, -0.15) is 0 Å². The van der Waals surface area contributed by atoms with Crippen LogP contribution in [0.15, 0.2) is 54.6 Å². The summed E-state index contributed by atoms with van der Waals surface area (Å²) in [6.45, 7) is 8.24. The number of hydrogen-bond donors (Lipinski definition) is 0. The highest BCUT2D eigenvalue weighted by Gasteiger charge is 1.96. The van der Waals surface area contributed by atoms with Gasteiger partial charge >= 0.3 is 0 Å². The highest BCUT2D eigenvalue weighted by molar-refractivity contribution is 5.36. The molecular formula is C18H22. The van der Waals surface area contributed by atoms with Crippen molar-refractivity contribution in [3.05, 3.63) is 60.2 Å². The second-order valence-corrected chi connectivity index (χ2v) is 4.82. The summed E-state index contributed by atoms with van der Waals surface area (Å²) in [4.78, 5) is 0. The fourth-order valence-electron chi connectivity index (χ4n) is 1.68.